The fourth-order valence-corrected chi connectivity index (χ4v) is 3.85. The van der Waals surface area contributed by atoms with Crippen LogP contribution in [-0.2, 0) is 9.59 Å². The molecule has 1 aliphatic rings. The molecule has 2 heterocycles. The molecule has 0 aliphatic carbocycles. The normalized spacial score (nSPS) is 15.6. The van der Waals surface area contributed by atoms with Crippen LogP contribution in [-0.4, -0.2) is 21.5 Å². The average molecular weight is 419 g/mol. The summed E-state index contributed by atoms with van der Waals surface area (Å²) >= 11 is 5.16. The number of halogens is 1. The lowest BCUT2D eigenvalue weighted by Crippen LogP contribution is -2.54. The van der Waals surface area contributed by atoms with Gasteiger partial charge in [-0.25, -0.2) is 4.39 Å². The number of benzene rings is 2. The zero-order valence-electron chi connectivity index (χ0n) is 16.3. The summed E-state index contributed by atoms with van der Waals surface area (Å²) < 4.78 is 15.7. The van der Waals surface area contributed by atoms with Crippen LogP contribution in [0.3, 0.4) is 0 Å². The number of nitrogens with one attached hydrogen (secondary N) is 1. The van der Waals surface area contributed by atoms with E-state index in [-0.39, 0.29) is 16.4 Å². The highest BCUT2D eigenvalue weighted by Crippen LogP contribution is 2.26. The summed E-state index contributed by atoms with van der Waals surface area (Å²) in [7, 11) is 0. The lowest BCUT2D eigenvalue weighted by Gasteiger charge is -2.28. The Kier molecular flexibility index (Phi) is 5.05. The summed E-state index contributed by atoms with van der Waals surface area (Å²) in [5.41, 5.74) is 3.76. The van der Waals surface area contributed by atoms with Crippen LogP contribution >= 0.6 is 12.2 Å². The second-order valence-electron chi connectivity index (χ2n) is 6.94. The molecule has 0 bridgehead atoms. The van der Waals surface area contributed by atoms with Crippen LogP contribution in [0, 0.1) is 19.7 Å². The quantitative estimate of drug-likeness (QED) is 0.396. The van der Waals surface area contributed by atoms with Gasteiger partial charge in [-0.3, -0.25) is 19.8 Å². The number of carbonyl (C=O) groups is 2. The van der Waals surface area contributed by atoms with E-state index >= 15 is 0 Å². The van der Waals surface area contributed by atoms with E-state index < -0.39 is 17.6 Å². The number of thiocarbonyl (C=S) groups is 1. The predicted octanol–water partition coefficient (Wildman–Crippen LogP) is 4.06. The van der Waals surface area contributed by atoms with Crippen LogP contribution < -0.4 is 10.2 Å². The lowest BCUT2D eigenvalue weighted by atomic mass is 10.1. The van der Waals surface area contributed by atoms with E-state index in [0.29, 0.717) is 0 Å². The average Bonchev–Trinajstić information content (AvgIpc) is 2.99. The maximum Gasteiger partial charge on any atom is 0.270 e. The van der Waals surface area contributed by atoms with Crippen LogP contribution in [0.4, 0.5) is 10.1 Å². The van der Waals surface area contributed by atoms with Crippen molar-refractivity contribution in [2.45, 2.75) is 13.8 Å². The van der Waals surface area contributed by atoms with Crippen molar-refractivity contribution >= 4 is 40.9 Å². The number of nitrogens with zero attached hydrogens (tertiary/aromatic N) is 2. The van der Waals surface area contributed by atoms with E-state index in [0.717, 1.165) is 27.5 Å². The first-order valence-electron chi connectivity index (χ1n) is 9.28. The SMILES string of the molecule is Cc1cc(/C=C2/C(=O)NC(=S)N(c3cccc(F)c3)C2=O)c(C)n1-c1ccccc1. The Bertz CT molecular complexity index is 1210. The minimum absolute atomic E-state index is 0.0684. The standard InChI is InChI=1S/C23H18FN3O2S/c1-14-11-16(15(2)26(14)18-8-4-3-5-9-18)12-20-21(28)25-23(30)27(22(20)29)19-10-6-7-17(24)13-19/h3-13H,1-2H3,(H,25,28,30)/b20-12-. The van der Waals surface area contributed by atoms with Gasteiger partial charge in [-0.05, 0) is 74.1 Å². The highest BCUT2D eigenvalue weighted by Gasteiger charge is 2.34. The fourth-order valence-electron chi connectivity index (χ4n) is 3.57. The van der Waals surface area contributed by atoms with Crippen molar-refractivity contribution in [3.63, 3.8) is 0 Å². The number of aromatic nitrogens is 1. The minimum atomic E-state index is -0.598. The van der Waals surface area contributed by atoms with Gasteiger partial charge in [0.15, 0.2) is 5.11 Å². The topological polar surface area (TPSA) is 54.3 Å². The number of hydrogen-bond donors (Lipinski definition) is 1. The molecule has 3 aromatic rings. The van der Waals surface area contributed by atoms with E-state index in [9.17, 15) is 14.0 Å². The Balaban J connectivity index is 1.77. The monoisotopic (exact) mass is 419 g/mol. The maximum atomic E-state index is 13.7. The molecular formula is C23H18FN3O2S. The Morgan fingerprint density at radius 3 is 2.37 bits per heavy atom. The molecule has 1 N–H and O–H groups in total. The highest BCUT2D eigenvalue weighted by atomic mass is 32.1. The molecule has 150 valence electrons. The fraction of sp³-hybridized carbons (Fsp3) is 0.0870. The minimum Gasteiger partial charge on any atom is -0.318 e. The third-order valence-corrected chi connectivity index (χ3v) is 5.24. The molecule has 1 aliphatic heterocycles. The summed E-state index contributed by atoms with van der Waals surface area (Å²) in [5.74, 6) is -1.68. The van der Waals surface area contributed by atoms with Gasteiger partial charge in [-0.2, -0.15) is 0 Å². The summed E-state index contributed by atoms with van der Waals surface area (Å²) in [6.07, 6.45) is 1.55. The van der Waals surface area contributed by atoms with Crippen LogP contribution in [0.5, 0.6) is 0 Å². The van der Waals surface area contributed by atoms with Crippen molar-refractivity contribution in [3.05, 3.63) is 89.0 Å². The second-order valence-corrected chi connectivity index (χ2v) is 7.32. The molecule has 1 fully saturated rings. The van der Waals surface area contributed by atoms with E-state index in [1.54, 1.807) is 12.1 Å². The van der Waals surface area contributed by atoms with E-state index in [1.807, 2.05) is 54.8 Å². The molecule has 1 aromatic heterocycles. The largest absolute Gasteiger partial charge is 0.318 e. The van der Waals surface area contributed by atoms with Crippen molar-refractivity contribution in [1.82, 2.24) is 9.88 Å². The smallest absolute Gasteiger partial charge is 0.270 e. The molecule has 0 unspecified atom stereocenters. The number of amides is 2. The molecule has 4 rings (SSSR count). The first-order valence-corrected chi connectivity index (χ1v) is 9.69. The third kappa shape index (κ3) is 3.44. The Hall–Kier alpha value is -3.58. The molecule has 0 saturated carbocycles. The van der Waals surface area contributed by atoms with Gasteiger partial charge in [-0.1, -0.05) is 24.3 Å². The van der Waals surface area contributed by atoms with Gasteiger partial charge in [0, 0.05) is 17.1 Å². The molecule has 0 atom stereocenters. The van der Waals surface area contributed by atoms with Crippen LogP contribution in [0.1, 0.15) is 17.0 Å². The zero-order chi connectivity index (χ0) is 21.4. The van der Waals surface area contributed by atoms with Gasteiger partial charge in [0.05, 0.1) is 5.69 Å². The molecule has 2 amide bonds. The summed E-state index contributed by atoms with van der Waals surface area (Å²) in [5, 5.41) is 2.44. The van der Waals surface area contributed by atoms with E-state index in [2.05, 4.69) is 5.32 Å². The molecule has 5 nitrogen and oxygen atoms in total. The van der Waals surface area contributed by atoms with Crippen LogP contribution in [0.15, 0.2) is 66.2 Å². The first kappa shape index (κ1) is 19.7. The molecule has 2 aromatic carbocycles. The van der Waals surface area contributed by atoms with Gasteiger partial charge in [-0.15, -0.1) is 0 Å². The third-order valence-electron chi connectivity index (χ3n) is 4.95. The van der Waals surface area contributed by atoms with Gasteiger partial charge < -0.3 is 4.57 Å². The van der Waals surface area contributed by atoms with Gasteiger partial charge in [0.2, 0.25) is 0 Å². The maximum absolute atomic E-state index is 13.7. The van der Waals surface area contributed by atoms with Crippen LogP contribution in [0.25, 0.3) is 11.8 Å². The first-order chi connectivity index (χ1) is 14.4. The predicted molar refractivity (Wildman–Crippen MR) is 118 cm³/mol. The van der Waals surface area contributed by atoms with E-state index in [1.165, 1.54) is 18.2 Å². The Morgan fingerprint density at radius 1 is 0.967 bits per heavy atom. The highest BCUT2D eigenvalue weighted by molar-refractivity contribution is 7.80. The summed E-state index contributed by atoms with van der Waals surface area (Å²) in [6.45, 7) is 3.88. The number of aryl methyl sites for hydroxylation is 1. The summed E-state index contributed by atoms with van der Waals surface area (Å²) in [4.78, 5) is 26.8. The molecule has 0 radical (unpaired) electrons. The van der Waals surface area contributed by atoms with Crippen molar-refractivity contribution in [1.29, 1.82) is 0 Å². The second kappa shape index (κ2) is 7.68. The summed E-state index contributed by atoms with van der Waals surface area (Å²) in [6, 6.07) is 17.2. The van der Waals surface area contributed by atoms with Gasteiger partial charge in [0.25, 0.3) is 11.8 Å². The molecular weight excluding hydrogens is 401 g/mol. The number of hydrogen-bond acceptors (Lipinski definition) is 3. The zero-order valence-corrected chi connectivity index (χ0v) is 17.2. The Labute approximate surface area is 178 Å². The molecule has 7 heteroatoms. The number of para-hydroxylation sites is 1. The van der Waals surface area contributed by atoms with Crippen molar-refractivity contribution in [2.75, 3.05) is 4.90 Å². The lowest BCUT2D eigenvalue weighted by molar-refractivity contribution is -0.122. The molecule has 0 spiro atoms. The van der Waals surface area contributed by atoms with Crippen molar-refractivity contribution in [3.8, 4) is 5.69 Å². The Morgan fingerprint density at radius 2 is 1.67 bits per heavy atom. The van der Waals surface area contributed by atoms with Gasteiger partial charge >= 0.3 is 0 Å². The van der Waals surface area contributed by atoms with Gasteiger partial charge in [0.1, 0.15) is 11.4 Å². The van der Waals surface area contributed by atoms with Crippen LogP contribution in [0.2, 0.25) is 0 Å². The number of carbonyl (C=O) groups excluding carboxylic acids is 2. The van der Waals surface area contributed by atoms with E-state index in [4.69, 9.17) is 12.2 Å². The van der Waals surface area contributed by atoms with Crippen molar-refractivity contribution < 1.29 is 14.0 Å². The molecule has 30 heavy (non-hydrogen) atoms. The number of anilines is 1. The molecule has 1 saturated heterocycles. The number of rotatable bonds is 3. The van der Waals surface area contributed by atoms with Crippen molar-refractivity contribution in [2.24, 2.45) is 0 Å².